The van der Waals surface area contributed by atoms with Crippen molar-refractivity contribution < 1.29 is 18.8 Å². The summed E-state index contributed by atoms with van der Waals surface area (Å²) < 4.78 is 16.1. The fourth-order valence-corrected chi connectivity index (χ4v) is 2.95. The van der Waals surface area contributed by atoms with E-state index in [1.165, 1.54) is 0 Å². The van der Waals surface area contributed by atoms with Crippen LogP contribution in [0.5, 0.6) is 5.75 Å². The highest BCUT2D eigenvalue weighted by Gasteiger charge is 2.29. The van der Waals surface area contributed by atoms with Crippen LogP contribution >= 0.6 is 0 Å². The van der Waals surface area contributed by atoms with E-state index in [1.807, 2.05) is 30.3 Å². The first kappa shape index (κ1) is 16.5. The number of nitrogens with one attached hydrogen (secondary N) is 1. The van der Waals surface area contributed by atoms with Crippen molar-refractivity contribution in [3.63, 3.8) is 0 Å². The SMILES string of the molecule is COCc1cc(C(=O)NC2CCCCC2Oc2ccccc2)no1. The fraction of sp³-hybridized carbons (Fsp3) is 0.444. The molecular weight excluding hydrogens is 308 g/mol. The largest absolute Gasteiger partial charge is 0.488 e. The standard InChI is InChI=1S/C18H22N2O4/c1-22-12-14-11-16(20-24-14)18(21)19-15-9-5-6-10-17(15)23-13-7-3-2-4-8-13/h2-4,7-8,11,15,17H,5-6,9-10,12H2,1H3,(H,19,21). The Bertz CT molecular complexity index is 656. The number of para-hydroxylation sites is 1. The van der Waals surface area contributed by atoms with Gasteiger partial charge in [0.25, 0.3) is 5.91 Å². The van der Waals surface area contributed by atoms with Crippen LogP contribution in [0, 0.1) is 0 Å². The second kappa shape index (κ2) is 7.97. The summed E-state index contributed by atoms with van der Waals surface area (Å²) in [5.41, 5.74) is 0.270. The maximum atomic E-state index is 12.4. The van der Waals surface area contributed by atoms with Crippen molar-refractivity contribution in [3.8, 4) is 5.75 Å². The number of hydrogen-bond donors (Lipinski definition) is 1. The van der Waals surface area contributed by atoms with E-state index in [9.17, 15) is 4.79 Å². The summed E-state index contributed by atoms with van der Waals surface area (Å²) in [4.78, 5) is 12.4. The lowest BCUT2D eigenvalue weighted by atomic mass is 9.92. The minimum absolute atomic E-state index is 0.0320. The minimum atomic E-state index is -0.241. The minimum Gasteiger partial charge on any atom is -0.488 e. The van der Waals surface area contributed by atoms with Crippen LogP contribution in [-0.4, -0.2) is 30.3 Å². The Labute approximate surface area is 141 Å². The second-order valence-corrected chi connectivity index (χ2v) is 5.95. The van der Waals surface area contributed by atoms with Crippen LogP contribution in [0.3, 0.4) is 0 Å². The number of amides is 1. The molecule has 1 N–H and O–H groups in total. The van der Waals surface area contributed by atoms with Gasteiger partial charge in [-0.2, -0.15) is 0 Å². The van der Waals surface area contributed by atoms with Gasteiger partial charge >= 0.3 is 0 Å². The Hall–Kier alpha value is -2.34. The second-order valence-electron chi connectivity index (χ2n) is 5.95. The summed E-state index contributed by atoms with van der Waals surface area (Å²) in [7, 11) is 1.57. The van der Waals surface area contributed by atoms with E-state index in [1.54, 1.807) is 13.2 Å². The number of methoxy groups -OCH3 is 1. The average Bonchev–Trinajstić information content (AvgIpc) is 3.07. The van der Waals surface area contributed by atoms with Crippen molar-refractivity contribution in [3.05, 3.63) is 47.9 Å². The third kappa shape index (κ3) is 4.14. The molecule has 1 aliphatic rings. The number of nitrogens with zero attached hydrogens (tertiary/aromatic N) is 1. The van der Waals surface area contributed by atoms with E-state index < -0.39 is 0 Å². The molecule has 24 heavy (non-hydrogen) atoms. The van der Waals surface area contributed by atoms with E-state index in [0.717, 1.165) is 31.4 Å². The first-order valence-corrected chi connectivity index (χ1v) is 8.23. The maximum absolute atomic E-state index is 12.4. The number of benzene rings is 1. The number of ether oxygens (including phenoxy) is 2. The van der Waals surface area contributed by atoms with Crippen molar-refractivity contribution >= 4 is 5.91 Å². The number of carbonyl (C=O) groups is 1. The summed E-state index contributed by atoms with van der Waals surface area (Å²) in [6.07, 6.45) is 3.97. The summed E-state index contributed by atoms with van der Waals surface area (Å²) in [6, 6.07) is 11.3. The van der Waals surface area contributed by atoms with Crippen LogP contribution < -0.4 is 10.1 Å². The lowest BCUT2D eigenvalue weighted by Crippen LogP contribution is -2.47. The van der Waals surface area contributed by atoms with Crippen LogP contribution in [0.1, 0.15) is 41.9 Å². The van der Waals surface area contributed by atoms with Gasteiger partial charge in [0, 0.05) is 13.2 Å². The molecule has 1 fully saturated rings. The molecule has 6 heteroatoms. The van der Waals surface area contributed by atoms with Crippen LogP contribution in [-0.2, 0) is 11.3 Å². The molecule has 0 spiro atoms. The molecule has 2 aromatic rings. The van der Waals surface area contributed by atoms with Gasteiger partial charge < -0.3 is 19.3 Å². The highest BCUT2D eigenvalue weighted by molar-refractivity contribution is 5.92. The molecular formula is C18H22N2O4. The monoisotopic (exact) mass is 330 g/mol. The molecule has 1 aromatic heterocycles. The lowest BCUT2D eigenvalue weighted by molar-refractivity contribution is 0.0789. The highest BCUT2D eigenvalue weighted by atomic mass is 16.5. The zero-order valence-corrected chi connectivity index (χ0v) is 13.7. The highest BCUT2D eigenvalue weighted by Crippen LogP contribution is 2.24. The molecule has 0 radical (unpaired) electrons. The molecule has 6 nitrogen and oxygen atoms in total. The molecule has 128 valence electrons. The van der Waals surface area contributed by atoms with Gasteiger partial charge in [-0.05, 0) is 31.4 Å². The predicted molar refractivity (Wildman–Crippen MR) is 87.8 cm³/mol. The molecule has 1 amide bonds. The molecule has 0 aliphatic heterocycles. The maximum Gasteiger partial charge on any atom is 0.273 e. The van der Waals surface area contributed by atoms with Gasteiger partial charge in [-0.25, -0.2) is 0 Å². The lowest BCUT2D eigenvalue weighted by Gasteiger charge is -2.32. The number of rotatable bonds is 6. The molecule has 0 saturated heterocycles. The zero-order chi connectivity index (χ0) is 16.8. The third-order valence-electron chi connectivity index (χ3n) is 4.13. The molecule has 3 rings (SSSR count). The van der Waals surface area contributed by atoms with E-state index >= 15 is 0 Å². The van der Waals surface area contributed by atoms with Crippen molar-refractivity contribution in [1.29, 1.82) is 0 Å². The summed E-state index contributed by atoms with van der Waals surface area (Å²) in [5.74, 6) is 1.12. The number of aromatic nitrogens is 1. The molecule has 0 bridgehead atoms. The Balaban J connectivity index is 1.63. The Morgan fingerprint density at radius 1 is 1.29 bits per heavy atom. The number of carbonyl (C=O) groups excluding carboxylic acids is 1. The van der Waals surface area contributed by atoms with Crippen LogP contribution in [0.2, 0.25) is 0 Å². The van der Waals surface area contributed by atoms with Gasteiger partial charge in [0.05, 0.1) is 6.04 Å². The smallest absolute Gasteiger partial charge is 0.273 e. The van der Waals surface area contributed by atoms with Crippen molar-refractivity contribution in [2.24, 2.45) is 0 Å². The van der Waals surface area contributed by atoms with Gasteiger partial charge in [0.1, 0.15) is 18.5 Å². The Kier molecular flexibility index (Phi) is 5.48. The Morgan fingerprint density at radius 3 is 2.88 bits per heavy atom. The van der Waals surface area contributed by atoms with Gasteiger partial charge in [0.2, 0.25) is 0 Å². The average molecular weight is 330 g/mol. The summed E-state index contributed by atoms with van der Waals surface area (Å²) >= 11 is 0. The molecule has 1 heterocycles. The molecule has 1 aromatic carbocycles. The van der Waals surface area contributed by atoms with Gasteiger partial charge in [-0.1, -0.05) is 29.8 Å². The van der Waals surface area contributed by atoms with Crippen molar-refractivity contribution in [2.75, 3.05) is 7.11 Å². The van der Waals surface area contributed by atoms with E-state index in [2.05, 4.69) is 10.5 Å². The van der Waals surface area contributed by atoms with E-state index in [4.69, 9.17) is 14.0 Å². The third-order valence-corrected chi connectivity index (χ3v) is 4.13. The topological polar surface area (TPSA) is 73.6 Å². The molecule has 1 aliphatic carbocycles. The molecule has 1 saturated carbocycles. The van der Waals surface area contributed by atoms with E-state index in [0.29, 0.717) is 12.4 Å². The summed E-state index contributed by atoms with van der Waals surface area (Å²) in [6.45, 7) is 0.295. The van der Waals surface area contributed by atoms with Crippen LogP contribution in [0.25, 0.3) is 0 Å². The van der Waals surface area contributed by atoms with E-state index in [-0.39, 0.29) is 23.7 Å². The summed E-state index contributed by atoms with van der Waals surface area (Å²) in [5, 5.41) is 6.84. The van der Waals surface area contributed by atoms with Crippen LogP contribution in [0.4, 0.5) is 0 Å². The van der Waals surface area contributed by atoms with Crippen molar-refractivity contribution in [1.82, 2.24) is 10.5 Å². The first-order chi connectivity index (χ1) is 11.8. The Morgan fingerprint density at radius 2 is 2.08 bits per heavy atom. The fourth-order valence-electron chi connectivity index (χ4n) is 2.95. The first-order valence-electron chi connectivity index (χ1n) is 8.23. The normalized spacial score (nSPS) is 20.5. The molecule has 2 atom stereocenters. The van der Waals surface area contributed by atoms with Gasteiger partial charge in [-0.15, -0.1) is 0 Å². The van der Waals surface area contributed by atoms with Gasteiger partial charge in [-0.3, -0.25) is 4.79 Å². The molecule has 2 unspecified atom stereocenters. The number of hydrogen-bond acceptors (Lipinski definition) is 5. The van der Waals surface area contributed by atoms with Gasteiger partial charge in [0.15, 0.2) is 11.5 Å². The van der Waals surface area contributed by atoms with Crippen molar-refractivity contribution in [2.45, 2.75) is 44.4 Å². The van der Waals surface area contributed by atoms with Crippen LogP contribution in [0.15, 0.2) is 40.9 Å². The predicted octanol–water partition coefficient (Wildman–Crippen LogP) is 2.94. The zero-order valence-electron chi connectivity index (χ0n) is 13.7. The quantitative estimate of drug-likeness (QED) is 0.881.